The van der Waals surface area contributed by atoms with Gasteiger partial charge in [0.25, 0.3) is 0 Å². The van der Waals surface area contributed by atoms with Crippen molar-refractivity contribution in [3.63, 3.8) is 0 Å². The lowest BCUT2D eigenvalue weighted by atomic mass is 10.1. The van der Waals surface area contributed by atoms with Crippen LogP contribution < -0.4 is 11.1 Å². The first kappa shape index (κ1) is 11.5. The van der Waals surface area contributed by atoms with Crippen LogP contribution in [-0.4, -0.2) is 17.6 Å². The Bertz CT molecular complexity index is 336. The summed E-state index contributed by atoms with van der Waals surface area (Å²) >= 11 is 0. The number of nitrogens with two attached hydrogens (primary N) is 1. The minimum absolute atomic E-state index is 0.198. The van der Waals surface area contributed by atoms with Crippen molar-refractivity contribution in [2.24, 2.45) is 10.9 Å². The van der Waals surface area contributed by atoms with Crippen molar-refractivity contribution < 1.29 is 5.21 Å². The van der Waals surface area contributed by atoms with Gasteiger partial charge in [-0.1, -0.05) is 36.3 Å². The van der Waals surface area contributed by atoms with Crippen molar-refractivity contribution in [2.75, 3.05) is 6.54 Å². The summed E-state index contributed by atoms with van der Waals surface area (Å²) in [6.07, 6.45) is 1.02. The van der Waals surface area contributed by atoms with Gasteiger partial charge in [-0.25, -0.2) is 0 Å². The van der Waals surface area contributed by atoms with Crippen LogP contribution in [0, 0.1) is 0 Å². The minimum Gasteiger partial charge on any atom is -0.409 e. The molecule has 0 atom stereocenters. The Kier molecular flexibility index (Phi) is 4.63. The third kappa shape index (κ3) is 3.59. The average Bonchev–Trinajstić information content (AvgIpc) is 2.29. The molecule has 82 valence electrons. The number of nitrogens with one attached hydrogen (secondary N) is 1. The fraction of sp³-hybridized carbons (Fsp3) is 0.364. The zero-order valence-corrected chi connectivity index (χ0v) is 8.90. The van der Waals surface area contributed by atoms with E-state index in [1.807, 2.05) is 12.1 Å². The molecule has 0 aliphatic rings. The normalized spacial score (nSPS) is 11.7. The summed E-state index contributed by atoms with van der Waals surface area (Å²) in [4.78, 5) is 0. The number of nitrogens with zero attached hydrogens (tertiary/aromatic N) is 1. The predicted octanol–water partition coefficient (Wildman–Crippen LogP) is 1.08. The van der Waals surface area contributed by atoms with Gasteiger partial charge in [0.05, 0.1) is 6.54 Å². The molecule has 4 N–H and O–H groups in total. The Morgan fingerprint density at radius 1 is 1.40 bits per heavy atom. The monoisotopic (exact) mass is 207 g/mol. The zero-order valence-electron chi connectivity index (χ0n) is 8.90. The van der Waals surface area contributed by atoms with Crippen LogP contribution in [0.1, 0.15) is 18.1 Å². The van der Waals surface area contributed by atoms with Crippen LogP contribution in [0.2, 0.25) is 0 Å². The largest absolute Gasteiger partial charge is 0.409 e. The van der Waals surface area contributed by atoms with Gasteiger partial charge in [-0.2, -0.15) is 0 Å². The Morgan fingerprint density at radius 2 is 2.07 bits per heavy atom. The van der Waals surface area contributed by atoms with Crippen molar-refractivity contribution in [3.05, 3.63) is 35.4 Å². The molecule has 0 aromatic heterocycles. The number of rotatable bonds is 5. The van der Waals surface area contributed by atoms with E-state index in [0.717, 1.165) is 13.0 Å². The standard InChI is InChI=1S/C11H17N3O/c1-2-9-5-3-4-6-10(9)7-13-8-11(12)14-15/h3-6,13,15H,2,7-8H2,1H3,(H2,12,14). The number of oxime groups is 1. The van der Waals surface area contributed by atoms with E-state index >= 15 is 0 Å². The molecule has 0 aliphatic carbocycles. The van der Waals surface area contributed by atoms with E-state index in [-0.39, 0.29) is 5.84 Å². The van der Waals surface area contributed by atoms with Gasteiger partial charge in [0, 0.05) is 6.54 Å². The van der Waals surface area contributed by atoms with Gasteiger partial charge in [0.1, 0.15) is 0 Å². The van der Waals surface area contributed by atoms with Gasteiger partial charge in [0.2, 0.25) is 0 Å². The average molecular weight is 207 g/mol. The highest BCUT2D eigenvalue weighted by Crippen LogP contribution is 2.08. The number of aryl methyl sites for hydroxylation is 1. The highest BCUT2D eigenvalue weighted by atomic mass is 16.4. The van der Waals surface area contributed by atoms with Crippen LogP contribution in [0.5, 0.6) is 0 Å². The molecule has 0 heterocycles. The van der Waals surface area contributed by atoms with E-state index in [1.54, 1.807) is 0 Å². The van der Waals surface area contributed by atoms with Crippen molar-refractivity contribution in [2.45, 2.75) is 19.9 Å². The Labute approximate surface area is 89.8 Å². The summed E-state index contributed by atoms with van der Waals surface area (Å²) in [6, 6.07) is 8.24. The fourth-order valence-corrected chi connectivity index (χ4v) is 1.44. The van der Waals surface area contributed by atoms with Crippen molar-refractivity contribution >= 4 is 5.84 Å². The predicted molar refractivity (Wildman–Crippen MR) is 60.9 cm³/mol. The maximum Gasteiger partial charge on any atom is 0.153 e. The first-order chi connectivity index (χ1) is 7.27. The van der Waals surface area contributed by atoms with Crippen LogP contribution in [0.15, 0.2) is 29.4 Å². The zero-order chi connectivity index (χ0) is 11.1. The summed E-state index contributed by atoms with van der Waals surface area (Å²) in [5.74, 6) is 0.198. The second-order valence-electron chi connectivity index (χ2n) is 3.32. The maximum atomic E-state index is 8.36. The molecule has 0 saturated carbocycles. The Balaban J connectivity index is 2.50. The number of amidine groups is 1. The molecular weight excluding hydrogens is 190 g/mol. The maximum absolute atomic E-state index is 8.36. The van der Waals surface area contributed by atoms with Gasteiger partial charge in [-0.05, 0) is 17.5 Å². The van der Waals surface area contributed by atoms with Crippen LogP contribution in [0.4, 0.5) is 0 Å². The first-order valence-electron chi connectivity index (χ1n) is 5.01. The van der Waals surface area contributed by atoms with Gasteiger partial charge in [-0.15, -0.1) is 0 Å². The summed E-state index contributed by atoms with van der Waals surface area (Å²) in [7, 11) is 0. The second kappa shape index (κ2) is 6.03. The molecule has 1 aromatic rings. The van der Waals surface area contributed by atoms with Gasteiger partial charge in [0.15, 0.2) is 5.84 Å². The smallest absolute Gasteiger partial charge is 0.153 e. The molecule has 0 aliphatic heterocycles. The Hall–Kier alpha value is -1.55. The molecule has 1 rings (SSSR count). The van der Waals surface area contributed by atoms with E-state index in [1.165, 1.54) is 11.1 Å². The van der Waals surface area contributed by atoms with E-state index in [4.69, 9.17) is 10.9 Å². The fourth-order valence-electron chi connectivity index (χ4n) is 1.44. The quantitative estimate of drug-likeness (QED) is 0.293. The molecule has 0 saturated heterocycles. The van der Waals surface area contributed by atoms with Crippen LogP contribution >= 0.6 is 0 Å². The lowest BCUT2D eigenvalue weighted by molar-refractivity contribution is 0.317. The number of hydrogen-bond acceptors (Lipinski definition) is 3. The van der Waals surface area contributed by atoms with Crippen molar-refractivity contribution in [3.8, 4) is 0 Å². The van der Waals surface area contributed by atoms with E-state index in [9.17, 15) is 0 Å². The van der Waals surface area contributed by atoms with Crippen LogP contribution in [-0.2, 0) is 13.0 Å². The Morgan fingerprint density at radius 3 is 2.67 bits per heavy atom. The van der Waals surface area contributed by atoms with E-state index in [0.29, 0.717) is 6.54 Å². The van der Waals surface area contributed by atoms with Crippen LogP contribution in [0.3, 0.4) is 0 Å². The number of benzene rings is 1. The first-order valence-corrected chi connectivity index (χ1v) is 5.01. The summed E-state index contributed by atoms with van der Waals surface area (Å²) < 4.78 is 0. The highest BCUT2D eigenvalue weighted by molar-refractivity contribution is 5.81. The van der Waals surface area contributed by atoms with Gasteiger partial charge < -0.3 is 16.3 Å². The third-order valence-electron chi connectivity index (χ3n) is 2.25. The molecule has 4 heteroatoms. The molecule has 0 amide bonds. The molecular formula is C11H17N3O. The van der Waals surface area contributed by atoms with Gasteiger partial charge in [-0.3, -0.25) is 0 Å². The lowest BCUT2D eigenvalue weighted by Crippen LogP contribution is -2.28. The molecule has 0 fully saturated rings. The minimum atomic E-state index is 0.198. The lowest BCUT2D eigenvalue weighted by Gasteiger charge is -2.08. The van der Waals surface area contributed by atoms with Gasteiger partial charge >= 0.3 is 0 Å². The van der Waals surface area contributed by atoms with E-state index in [2.05, 4.69) is 29.5 Å². The highest BCUT2D eigenvalue weighted by Gasteiger charge is 1.99. The molecule has 0 radical (unpaired) electrons. The molecule has 1 aromatic carbocycles. The molecule has 0 bridgehead atoms. The summed E-state index contributed by atoms with van der Waals surface area (Å²) in [5, 5.41) is 14.4. The topological polar surface area (TPSA) is 70.6 Å². The molecule has 0 spiro atoms. The second-order valence-corrected chi connectivity index (χ2v) is 3.32. The number of hydrogen-bond donors (Lipinski definition) is 3. The molecule has 4 nitrogen and oxygen atoms in total. The van der Waals surface area contributed by atoms with Crippen LogP contribution in [0.25, 0.3) is 0 Å². The summed E-state index contributed by atoms with van der Waals surface area (Å²) in [5.41, 5.74) is 7.92. The van der Waals surface area contributed by atoms with Crippen molar-refractivity contribution in [1.82, 2.24) is 5.32 Å². The third-order valence-corrected chi connectivity index (χ3v) is 2.25. The summed E-state index contributed by atoms with van der Waals surface area (Å²) in [6.45, 7) is 3.26. The van der Waals surface area contributed by atoms with E-state index < -0.39 is 0 Å². The molecule has 0 unspecified atom stereocenters. The molecule has 15 heavy (non-hydrogen) atoms. The SMILES string of the molecule is CCc1ccccc1CNCC(N)=NO. The van der Waals surface area contributed by atoms with Crippen molar-refractivity contribution in [1.29, 1.82) is 0 Å².